The first-order chi connectivity index (χ1) is 17.1. The van der Waals surface area contributed by atoms with E-state index >= 15 is 0 Å². The minimum atomic E-state index is -4.73. The van der Waals surface area contributed by atoms with E-state index in [4.69, 9.17) is 22.1 Å². The van der Waals surface area contributed by atoms with Crippen LogP contribution in [0.15, 0.2) is 88.7 Å². The molecule has 0 amide bonds. The predicted molar refractivity (Wildman–Crippen MR) is 146 cm³/mol. The number of hydrogen-bond donors (Lipinski definition) is 4. The Hall–Kier alpha value is -2.09. The Morgan fingerprint density at radius 2 is 1.81 bits per heavy atom. The summed E-state index contributed by atoms with van der Waals surface area (Å²) >= 11 is 7.95. The van der Waals surface area contributed by atoms with Crippen molar-refractivity contribution in [1.29, 1.82) is 0 Å². The molecule has 6 nitrogen and oxygen atoms in total. The van der Waals surface area contributed by atoms with Gasteiger partial charge in [0.1, 0.15) is 12.4 Å². The third kappa shape index (κ3) is 8.22. The molecule has 0 aromatic heterocycles. The zero-order valence-corrected chi connectivity index (χ0v) is 22.5. The standard InChI is InChI=1S/C27H31ClNO5PS/c1-2-3-14-27(29,19-30)17-26(35(31,32)33)24-13-12-23(16-25(24)28)36-22-11-7-10-21(15-22)34-18-20-8-5-4-6-9-20/h4-13,15-17,30H,2-3,14,18-19,29H2,1H3,(H2,31,32,33). The van der Waals surface area contributed by atoms with E-state index in [-0.39, 0.29) is 15.9 Å². The SMILES string of the molecule is CCCCC(N)(C=C(c1ccc(Sc2cccc(OCc3ccccc3)c2)cc1Cl)P(=O)(O)O)CO. The number of nitrogens with two attached hydrogens (primary N) is 1. The number of ether oxygens (including phenoxy) is 1. The van der Waals surface area contributed by atoms with Crippen molar-refractivity contribution in [2.45, 2.75) is 48.1 Å². The van der Waals surface area contributed by atoms with Gasteiger partial charge in [0.2, 0.25) is 0 Å². The van der Waals surface area contributed by atoms with E-state index < -0.39 is 19.7 Å². The van der Waals surface area contributed by atoms with Gasteiger partial charge in [0.25, 0.3) is 0 Å². The molecule has 1 unspecified atom stereocenters. The highest BCUT2D eigenvalue weighted by Crippen LogP contribution is 2.53. The summed E-state index contributed by atoms with van der Waals surface area (Å²) in [5.74, 6) is 0.730. The van der Waals surface area contributed by atoms with Crippen LogP contribution in [0.3, 0.4) is 0 Å². The number of benzene rings is 3. The average molecular weight is 548 g/mol. The topological polar surface area (TPSA) is 113 Å². The van der Waals surface area contributed by atoms with E-state index in [1.54, 1.807) is 18.2 Å². The van der Waals surface area contributed by atoms with Crippen molar-refractivity contribution in [2.75, 3.05) is 6.61 Å². The van der Waals surface area contributed by atoms with Crippen LogP contribution >= 0.6 is 31.0 Å². The molecule has 1 atom stereocenters. The first kappa shape index (κ1) is 28.5. The second-order valence-electron chi connectivity index (χ2n) is 8.56. The maximum Gasteiger partial charge on any atom is 0.356 e. The van der Waals surface area contributed by atoms with Crippen LogP contribution in [-0.2, 0) is 11.2 Å². The summed E-state index contributed by atoms with van der Waals surface area (Å²) in [6.07, 6.45) is 3.20. The molecule has 3 aromatic rings. The van der Waals surface area contributed by atoms with Crippen LogP contribution < -0.4 is 10.5 Å². The van der Waals surface area contributed by atoms with Crippen LogP contribution in [0.4, 0.5) is 0 Å². The summed E-state index contributed by atoms with van der Waals surface area (Å²) < 4.78 is 18.2. The van der Waals surface area contributed by atoms with Gasteiger partial charge in [0.05, 0.1) is 17.5 Å². The summed E-state index contributed by atoms with van der Waals surface area (Å²) in [7, 11) is -4.73. The highest BCUT2D eigenvalue weighted by molar-refractivity contribution is 7.99. The molecule has 0 aliphatic carbocycles. The summed E-state index contributed by atoms with van der Waals surface area (Å²) in [6, 6.07) is 22.5. The largest absolute Gasteiger partial charge is 0.489 e. The summed E-state index contributed by atoms with van der Waals surface area (Å²) in [6.45, 7) is 2.00. The van der Waals surface area contributed by atoms with Gasteiger partial charge in [-0.15, -0.1) is 0 Å². The highest BCUT2D eigenvalue weighted by Gasteiger charge is 2.30. The highest BCUT2D eigenvalue weighted by atomic mass is 35.5. The number of unbranched alkanes of at least 4 members (excludes halogenated alkanes) is 1. The van der Waals surface area contributed by atoms with Crippen LogP contribution in [0.5, 0.6) is 5.75 Å². The predicted octanol–water partition coefficient (Wildman–Crippen LogP) is 6.47. The lowest BCUT2D eigenvalue weighted by Gasteiger charge is -2.25. The fourth-order valence-electron chi connectivity index (χ4n) is 3.57. The van der Waals surface area contributed by atoms with Crippen LogP contribution in [0.2, 0.25) is 5.02 Å². The minimum absolute atomic E-state index is 0.182. The molecule has 0 saturated carbocycles. The maximum atomic E-state index is 12.3. The lowest BCUT2D eigenvalue weighted by atomic mass is 9.93. The Bertz CT molecular complexity index is 1230. The zero-order valence-electron chi connectivity index (χ0n) is 20.0. The molecule has 0 aliphatic rings. The Morgan fingerprint density at radius 1 is 1.08 bits per heavy atom. The van der Waals surface area contributed by atoms with Crippen LogP contribution in [0.25, 0.3) is 5.31 Å². The van der Waals surface area contributed by atoms with E-state index in [0.717, 1.165) is 27.5 Å². The summed E-state index contributed by atoms with van der Waals surface area (Å²) in [5.41, 5.74) is 6.25. The Morgan fingerprint density at radius 3 is 2.44 bits per heavy atom. The van der Waals surface area contributed by atoms with Gasteiger partial charge in [-0.1, -0.05) is 85.6 Å². The average Bonchev–Trinajstić information content (AvgIpc) is 2.86. The quantitative estimate of drug-likeness (QED) is 0.192. The van der Waals surface area contributed by atoms with Crippen molar-refractivity contribution < 1.29 is 24.2 Å². The molecule has 0 spiro atoms. The Balaban J connectivity index is 1.81. The van der Waals surface area contributed by atoms with Crippen molar-refractivity contribution in [3.63, 3.8) is 0 Å². The molecule has 3 aromatic carbocycles. The van der Waals surface area contributed by atoms with Crippen LogP contribution in [0, 0.1) is 0 Å². The van der Waals surface area contributed by atoms with Crippen molar-refractivity contribution in [3.05, 3.63) is 95.0 Å². The van der Waals surface area contributed by atoms with Gasteiger partial charge in [-0.2, -0.15) is 0 Å². The first-order valence-electron chi connectivity index (χ1n) is 11.6. The summed E-state index contributed by atoms with van der Waals surface area (Å²) in [4.78, 5) is 21.8. The second-order valence-corrected chi connectivity index (χ2v) is 11.7. The number of aliphatic hydroxyl groups excluding tert-OH is 1. The van der Waals surface area contributed by atoms with E-state index in [0.29, 0.717) is 19.4 Å². The van der Waals surface area contributed by atoms with Gasteiger partial charge in [0.15, 0.2) is 0 Å². The molecule has 192 valence electrons. The third-order valence-corrected chi connectivity index (χ3v) is 7.82. The van der Waals surface area contributed by atoms with Gasteiger partial charge < -0.3 is 25.4 Å². The molecule has 0 fully saturated rings. The zero-order chi connectivity index (χ0) is 26.2. The second kappa shape index (κ2) is 12.9. The molecule has 0 aliphatic heterocycles. The van der Waals surface area contributed by atoms with Crippen molar-refractivity contribution >= 4 is 36.3 Å². The molecule has 3 rings (SSSR count). The lowest BCUT2D eigenvalue weighted by molar-refractivity contribution is 0.217. The number of hydrogen-bond acceptors (Lipinski definition) is 5. The van der Waals surface area contributed by atoms with Crippen molar-refractivity contribution in [1.82, 2.24) is 0 Å². The maximum absolute atomic E-state index is 12.3. The molecule has 0 heterocycles. The van der Waals surface area contributed by atoms with E-state index in [1.165, 1.54) is 17.8 Å². The molecule has 0 bridgehead atoms. The number of halogens is 1. The first-order valence-corrected chi connectivity index (χ1v) is 14.4. The molecular weight excluding hydrogens is 517 g/mol. The Labute approximate surface area is 221 Å². The fraction of sp³-hybridized carbons (Fsp3) is 0.259. The molecular formula is C27H31ClNO5PS. The van der Waals surface area contributed by atoms with Gasteiger partial charge in [-0.05, 0) is 48.4 Å². The van der Waals surface area contributed by atoms with Gasteiger partial charge in [0, 0.05) is 20.4 Å². The van der Waals surface area contributed by atoms with Crippen LogP contribution in [-0.4, -0.2) is 27.0 Å². The van der Waals surface area contributed by atoms with E-state index in [1.807, 2.05) is 61.5 Å². The molecule has 0 radical (unpaired) electrons. The van der Waals surface area contributed by atoms with E-state index in [9.17, 15) is 19.5 Å². The smallest absolute Gasteiger partial charge is 0.356 e. The molecule has 5 N–H and O–H groups in total. The number of rotatable bonds is 12. The van der Waals surface area contributed by atoms with Gasteiger partial charge in [-0.3, -0.25) is 4.57 Å². The van der Waals surface area contributed by atoms with Gasteiger partial charge >= 0.3 is 7.60 Å². The van der Waals surface area contributed by atoms with Crippen molar-refractivity contribution in [3.8, 4) is 5.75 Å². The molecule has 9 heteroatoms. The molecule has 0 saturated heterocycles. The third-order valence-electron chi connectivity index (χ3n) is 5.53. The van der Waals surface area contributed by atoms with Gasteiger partial charge in [-0.25, -0.2) is 0 Å². The fourth-order valence-corrected chi connectivity index (χ4v) is 5.82. The van der Waals surface area contributed by atoms with Crippen LogP contribution in [0.1, 0.15) is 37.3 Å². The van der Waals surface area contributed by atoms with Crippen molar-refractivity contribution in [2.24, 2.45) is 5.73 Å². The minimum Gasteiger partial charge on any atom is -0.489 e. The normalized spacial score (nSPS) is 13.9. The number of aliphatic hydroxyl groups is 1. The summed E-state index contributed by atoms with van der Waals surface area (Å²) in [5, 5.41) is 9.71. The lowest BCUT2D eigenvalue weighted by Crippen LogP contribution is -2.41. The van der Waals surface area contributed by atoms with E-state index in [2.05, 4.69) is 0 Å². The molecule has 36 heavy (non-hydrogen) atoms. The monoisotopic (exact) mass is 547 g/mol. The Kier molecular flexibility index (Phi) is 10.2.